The molecule has 1 aromatic carbocycles. The number of alkyl halides is 3. The van der Waals surface area contributed by atoms with Crippen molar-refractivity contribution in [1.29, 1.82) is 0 Å². The van der Waals surface area contributed by atoms with Crippen molar-refractivity contribution in [3.8, 4) is 0 Å². The molecule has 1 aromatic rings. The van der Waals surface area contributed by atoms with Crippen molar-refractivity contribution in [3.05, 3.63) is 35.4 Å². The van der Waals surface area contributed by atoms with Gasteiger partial charge in [-0.25, -0.2) is 0 Å². The van der Waals surface area contributed by atoms with E-state index in [1.165, 1.54) is 18.2 Å². The highest BCUT2D eigenvalue weighted by atomic mass is 19.4. The topological polar surface area (TPSA) is 20.2 Å². The standard InChI is InChI=1S/C11H11F3O/c12-11(13,14)9-4-2-1-3-8(9)10(15)7-5-6-7/h1-4,7,10,15H,5-6H2. The summed E-state index contributed by atoms with van der Waals surface area (Å²) < 4.78 is 37.7. The Labute approximate surface area is 85.5 Å². The van der Waals surface area contributed by atoms with Gasteiger partial charge in [-0.3, -0.25) is 0 Å². The summed E-state index contributed by atoms with van der Waals surface area (Å²) in [7, 11) is 0. The molecule has 0 spiro atoms. The first-order chi connectivity index (χ1) is 7.00. The molecule has 0 amide bonds. The van der Waals surface area contributed by atoms with Gasteiger partial charge in [0.25, 0.3) is 0 Å². The minimum atomic E-state index is -4.38. The lowest BCUT2D eigenvalue weighted by Crippen LogP contribution is -2.12. The Kier molecular flexibility index (Phi) is 2.46. The molecule has 1 N–H and O–H groups in total. The fourth-order valence-corrected chi connectivity index (χ4v) is 1.68. The molecule has 15 heavy (non-hydrogen) atoms. The summed E-state index contributed by atoms with van der Waals surface area (Å²) in [5, 5.41) is 9.70. The van der Waals surface area contributed by atoms with Crippen molar-refractivity contribution < 1.29 is 18.3 Å². The van der Waals surface area contributed by atoms with Crippen LogP contribution >= 0.6 is 0 Å². The Morgan fingerprint density at radius 1 is 1.20 bits per heavy atom. The van der Waals surface area contributed by atoms with Crippen LogP contribution in [0.2, 0.25) is 0 Å². The van der Waals surface area contributed by atoms with Crippen LogP contribution in [0, 0.1) is 5.92 Å². The van der Waals surface area contributed by atoms with Gasteiger partial charge in [0, 0.05) is 0 Å². The van der Waals surface area contributed by atoms with Crippen molar-refractivity contribution in [2.75, 3.05) is 0 Å². The van der Waals surface area contributed by atoms with Gasteiger partial charge >= 0.3 is 6.18 Å². The number of hydrogen-bond acceptors (Lipinski definition) is 1. The molecule has 1 aliphatic carbocycles. The number of aliphatic hydroxyl groups excluding tert-OH is 1. The fourth-order valence-electron chi connectivity index (χ4n) is 1.68. The van der Waals surface area contributed by atoms with E-state index >= 15 is 0 Å². The third-order valence-electron chi connectivity index (χ3n) is 2.65. The Balaban J connectivity index is 2.37. The van der Waals surface area contributed by atoms with E-state index in [0.29, 0.717) is 0 Å². The van der Waals surface area contributed by atoms with Crippen LogP contribution in [0.4, 0.5) is 13.2 Å². The van der Waals surface area contributed by atoms with E-state index in [1.54, 1.807) is 0 Å². The molecule has 1 aliphatic rings. The first-order valence-corrected chi connectivity index (χ1v) is 4.84. The maximum Gasteiger partial charge on any atom is 0.416 e. The SMILES string of the molecule is OC(c1ccccc1C(F)(F)F)C1CC1. The van der Waals surface area contributed by atoms with Crippen molar-refractivity contribution in [2.24, 2.45) is 5.92 Å². The molecular formula is C11H11F3O. The van der Waals surface area contributed by atoms with E-state index in [0.717, 1.165) is 18.9 Å². The number of benzene rings is 1. The molecule has 1 atom stereocenters. The molecule has 1 saturated carbocycles. The Bertz CT molecular complexity index is 355. The summed E-state index contributed by atoms with van der Waals surface area (Å²) in [6.45, 7) is 0. The van der Waals surface area contributed by atoms with Crippen LogP contribution in [0.3, 0.4) is 0 Å². The van der Waals surface area contributed by atoms with Gasteiger partial charge in [0.2, 0.25) is 0 Å². The quantitative estimate of drug-likeness (QED) is 0.805. The normalized spacial score (nSPS) is 18.9. The molecule has 0 saturated heterocycles. The molecule has 2 rings (SSSR count). The fraction of sp³-hybridized carbons (Fsp3) is 0.455. The predicted molar refractivity (Wildman–Crippen MR) is 49.1 cm³/mol. The van der Waals surface area contributed by atoms with Crippen LogP contribution in [0.5, 0.6) is 0 Å². The molecule has 0 bridgehead atoms. The summed E-state index contributed by atoms with van der Waals surface area (Å²) in [4.78, 5) is 0. The van der Waals surface area contributed by atoms with E-state index in [9.17, 15) is 18.3 Å². The first kappa shape index (κ1) is 10.5. The number of aliphatic hydroxyl groups is 1. The van der Waals surface area contributed by atoms with Crippen molar-refractivity contribution >= 4 is 0 Å². The van der Waals surface area contributed by atoms with E-state index in [4.69, 9.17) is 0 Å². The summed E-state index contributed by atoms with van der Waals surface area (Å²) in [5.41, 5.74) is -0.711. The number of halogens is 3. The maximum atomic E-state index is 12.6. The second kappa shape index (κ2) is 3.52. The monoisotopic (exact) mass is 216 g/mol. The van der Waals surface area contributed by atoms with Gasteiger partial charge in [-0.15, -0.1) is 0 Å². The summed E-state index contributed by atoms with van der Waals surface area (Å²) in [5.74, 6) is 0.00787. The van der Waals surface area contributed by atoms with Crippen LogP contribution in [-0.2, 0) is 6.18 Å². The zero-order valence-electron chi connectivity index (χ0n) is 7.96. The predicted octanol–water partition coefficient (Wildman–Crippen LogP) is 3.15. The van der Waals surface area contributed by atoms with E-state index < -0.39 is 17.8 Å². The smallest absolute Gasteiger partial charge is 0.388 e. The van der Waals surface area contributed by atoms with Gasteiger partial charge in [-0.1, -0.05) is 18.2 Å². The minimum Gasteiger partial charge on any atom is -0.388 e. The van der Waals surface area contributed by atoms with Crippen LogP contribution in [0.25, 0.3) is 0 Å². The highest BCUT2D eigenvalue weighted by molar-refractivity contribution is 5.32. The largest absolute Gasteiger partial charge is 0.416 e. The Morgan fingerprint density at radius 3 is 2.33 bits per heavy atom. The number of hydrogen-bond donors (Lipinski definition) is 1. The molecule has 1 nitrogen and oxygen atoms in total. The lowest BCUT2D eigenvalue weighted by molar-refractivity contribution is -0.139. The van der Waals surface area contributed by atoms with Crippen LogP contribution in [0.1, 0.15) is 30.1 Å². The zero-order chi connectivity index (χ0) is 11.1. The van der Waals surface area contributed by atoms with Crippen molar-refractivity contribution in [3.63, 3.8) is 0 Å². The van der Waals surface area contributed by atoms with Gasteiger partial charge in [0.15, 0.2) is 0 Å². The van der Waals surface area contributed by atoms with E-state index in [-0.39, 0.29) is 11.5 Å². The molecular weight excluding hydrogens is 205 g/mol. The summed E-state index contributed by atoms with van der Waals surface area (Å²) in [6, 6.07) is 5.23. The maximum absolute atomic E-state index is 12.6. The first-order valence-electron chi connectivity index (χ1n) is 4.84. The molecule has 4 heteroatoms. The lowest BCUT2D eigenvalue weighted by atomic mass is 9.99. The van der Waals surface area contributed by atoms with E-state index in [2.05, 4.69) is 0 Å². The average molecular weight is 216 g/mol. The zero-order valence-corrected chi connectivity index (χ0v) is 7.96. The molecule has 82 valence electrons. The lowest BCUT2D eigenvalue weighted by Gasteiger charge is -2.16. The molecule has 0 aliphatic heterocycles. The molecule has 0 aromatic heterocycles. The highest BCUT2D eigenvalue weighted by Crippen LogP contribution is 2.44. The molecule has 0 radical (unpaired) electrons. The molecule has 0 heterocycles. The average Bonchev–Trinajstić information content (AvgIpc) is 2.98. The third-order valence-corrected chi connectivity index (χ3v) is 2.65. The van der Waals surface area contributed by atoms with E-state index in [1.807, 2.05) is 0 Å². The number of rotatable bonds is 2. The Hall–Kier alpha value is -1.03. The van der Waals surface area contributed by atoms with Crippen LogP contribution in [0.15, 0.2) is 24.3 Å². The summed E-state index contributed by atoms with van der Waals surface area (Å²) >= 11 is 0. The van der Waals surface area contributed by atoms with Crippen LogP contribution in [-0.4, -0.2) is 5.11 Å². The van der Waals surface area contributed by atoms with Crippen molar-refractivity contribution in [2.45, 2.75) is 25.1 Å². The van der Waals surface area contributed by atoms with Gasteiger partial charge in [-0.05, 0) is 30.4 Å². The van der Waals surface area contributed by atoms with Gasteiger partial charge in [0.1, 0.15) is 0 Å². The molecule has 1 fully saturated rings. The second-order valence-electron chi connectivity index (χ2n) is 3.87. The van der Waals surface area contributed by atoms with Gasteiger partial charge in [0.05, 0.1) is 11.7 Å². The highest BCUT2D eigenvalue weighted by Gasteiger charge is 2.38. The summed E-state index contributed by atoms with van der Waals surface area (Å²) in [6.07, 6.45) is -3.73. The minimum absolute atomic E-state index is 0.00694. The van der Waals surface area contributed by atoms with Crippen molar-refractivity contribution in [1.82, 2.24) is 0 Å². The second-order valence-corrected chi connectivity index (χ2v) is 3.87. The van der Waals surface area contributed by atoms with Gasteiger partial charge in [-0.2, -0.15) is 13.2 Å². The van der Waals surface area contributed by atoms with Gasteiger partial charge < -0.3 is 5.11 Å². The van der Waals surface area contributed by atoms with Crippen LogP contribution < -0.4 is 0 Å². The Morgan fingerprint density at radius 2 is 1.80 bits per heavy atom. The third kappa shape index (κ3) is 2.15. The molecule has 1 unspecified atom stereocenters.